The zero-order chi connectivity index (χ0) is 19.8. The van der Waals surface area contributed by atoms with Crippen molar-refractivity contribution in [2.24, 2.45) is 11.5 Å². The summed E-state index contributed by atoms with van der Waals surface area (Å²) in [5, 5.41) is 10.2. The summed E-state index contributed by atoms with van der Waals surface area (Å²) in [6, 6.07) is 1.48. The van der Waals surface area contributed by atoms with E-state index in [1.54, 1.807) is 0 Å². The van der Waals surface area contributed by atoms with Crippen LogP contribution in [0.25, 0.3) is 0 Å². The third-order valence-corrected chi connectivity index (χ3v) is 4.53. The number of unbranched alkanes of at least 4 members (excludes halogenated alkanes) is 2. The van der Waals surface area contributed by atoms with Crippen molar-refractivity contribution in [1.82, 2.24) is 9.55 Å². The van der Waals surface area contributed by atoms with Crippen LogP contribution in [0.5, 0.6) is 0 Å². The molecule has 27 heavy (non-hydrogen) atoms. The Bertz CT molecular complexity index is 667. The van der Waals surface area contributed by atoms with Gasteiger partial charge in [0, 0.05) is 25.6 Å². The number of carbonyl (C=O) groups excluding carboxylic acids is 1. The number of hydrogen-bond donors (Lipinski definition) is 4. The number of ether oxygens (including phenoxy) is 2. The number of aliphatic hydroxyl groups is 1. The minimum atomic E-state index is -0.836. The first-order chi connectivity index (χ1) is 13.0. The van der Waals surface area contributed by atoms with Gasteiger partial charge in [-0.3, -0.25) is 9.36 Å². The van der Waals surface area contributed by atoms with Crippen molar-refractivity contribution in [3.05, 3.63) is 22.7 Å². The number of nitrogens with zero attached hydrogens (tertiary/aromatic N) is 2. The van der Waals surface area contributed by atoms with Crippen LogP contribution in [0.4, 0.5) is 5.82 Å². The maximum absolute atomic E-state index is 12.2. The van der Waals surface area contributed by atoms with Crippen LogP contribution in [-0.2, 0) is 14.3 Å². The molecule has 1 saturated heterocycles. The Kier molecular flexibility index (Phi) is 8.32. The van der Waals surface area contributed by atoms with E-state index in [9.17, 15) is 14.7 Å². The number of aliphatic hydroxyl groups excluding tert-OH is 1. The van der Waals surface area contributed by atoms with Crippen molar-refractivity contribution in [1.29, 1.82) is 0 Å². The lowest BCUT2D eigenvalue weighted by atomic mass is 10.1. The molecule has 1 aliphatic rings. The molecule has 1 unspecified atom stereocenters. The molecule has 2 heterocycles. The number of nitrogens with two attached hydrogens (primary N) is 3. The van der Waals surface area contributed by atoms with Crippen LogP contribution in [-0.4, -0.2) is 58.4 Å². The molecule has 1 fully saturated rings. The minimum absolute atomic E-state index is 0.00518. The molecule has 7 N–H and O–H groups in total. The Morgan fingerprint density at radius 1 is 1.41 bits per heavy atom. The van der Waals surface area contributed by atoms with Gasteiger partial charge >= 0.3 is 5.69 Å². The Labute approximate surface area is 157 Å². The average Bonchev–Trinajstić information content (AvgIpc) is 2.99. The van der Waals surface area contributed by atoms with Crippen molar-refractivity contribution >= 4 is 11.6 Å². The molecule has 10 nitrogen and oxygen atoms in total. The SMILES string of the molecule is NCCCCCC(=O)C(CN)OC[C@H]1O[C@@H](n2ccc(N)nc2=O)C[C@@H]1O. The lowest BCUT2D eigenvalue weighted by molar-refractivity contribution is -0.135. The van der Waals surface area contributed by atoms with E-state index in [0.717, 1.165) is 19.3 Å². The molecule has 0 radical (unpaired) electrons. The summed E-state index contributed by atoms with van der Waals surface area (Å²) in [5.74, 6) is 0.0444. The van der Waals surface area contributed by atoms with Gasteiger partial charge in [-0.25, -0.2) is 4.79 Å². The first kappa shape index (κ1) is 21.5. The van der Waals surface area contributed by atoms with Gasteiger partial charge < -0.3 is 31.8 Å². The molecule has 0 aromatic carbocycles. The highest BCUT2D eigenvalue weighted by Crippen LogP contribution is 2.28. The van der Waals surface area contributed by atoms with Crippen LogP contribution in [0.15, 0.2) is 17.1 Å². The van der Waals surface area contributed by atoms with Gasteiger partial charge in [0.15, 0.2) is 5.78 Å². The summed E-state index contributed by atoms with van der Waals surface area (Å²) >= 11 is 0. The average molecular weight is 383 g/mol. The Morgan fingerprint density at radius 3 is 2.85 bits per heavy atom. The number of hydrogen-bond acceptors (Lipinski definition) is 9. The lowest BCUT2D eigenvalue weighted by Crippen LogP contribution is -2.37. The smallest absolute Gasteiger partial charge is 0.351 e. The van der Waals surface area contributed by atoms with Crippen molar-refractivity contribution in [2.75, 3.05) is 25.4 Å². The minimum Gasteiger partial charge on any atom is -0.390 e. The van der Waals surface area contributed by atoms with Crippen LogP contribution in [0.3, 0.4) is 0 Å². The Morgan fingerprint density at radius 2 is 2.19 bits per heavy atom. The molecule has 0 aliphatic carbocycles. The monoisotopic (exact) mass is 383 g/mol. The van der Waals surface area contributed by atoms with E-state index in [4.69, 9.17) is 26.7 Å². The molecule has 4 atom stereocenters. The Balaban J connectivity index is 1.85. The molecule has 0 saturated carbocycles. The number of rotatable bonds is 11. The van der Waals surface area contributed by atoms with Crippen LogP contribution < -0.4 is 22.9 Å². The number of anilines is 1. The second-order valence-corrected chi connectivity index (χ2v) is 6.60. The van der Waals surface area contributed by atoms with Gasteiger partial charge in [-0.15, -0.1) is 0 Å². The molecular weight excluding hydrogens is 354 g/mol. The maximum atomic E-state index is 12.2. The van der Waals surface area contributed by atoms with E-state index in [1.807, 2.05) is 0 Å². The zero-order valence-electron chi connectivity index (χ0n) is 15.3. The van der Waals surface area contributed by atoms with Gasteiger partial charge in [-0.1, -0.05) is 6.42 Å². The van der Waals surface area contributed by atoms with E-state index < -0.39 is 30.2 Å². The van der Waals surface area contributed by atoms with E-state index >= 15 is 0 Å². The summed E-state index contributed by atoms with van der Waals surface area (Å²) in [6.07, 6.45) is 1.66. The van der Waals surface area contributed by atoms with Gasteiger partial charge in [0.05, 0.1) is 12.7 Å². The second kappa shape index (κ2) is 10.5. The van der Waals surface area contributed by atoms with Crippen molar-refractivity contribution in [2.45, 2.75) is 56.6 Å². The van der Waals surface area contributed by atoms with E-state index in [1.165, 1.54) is 16.8 Å². The number of nitrogen functional groups attached to an aromatic ring is 1. The third-order valence-electron chi connectivity index (χ3n) is 4.53. The molecule has 10 heteroatoms. The Hall–Kier alpha value is -1.85. The maximum Gasteiger partial charge on any atom is 0.351 e. The fourth-order valence-corrected chi connectivity index (χ4v) is 2.97. The standard InChI is InChI=1S/C17H29N5O5/c18-6-3-1-2-4-11(23)13(9-19)26-10-14-12(24)8-16(27-14)22-7-5-15(20)21-17(22)25/h5,7,12-14,16,24H,1-4,6,8-10,18-19H2,(H2,20,21,25)/t12-,13?,14+,16+/m0/s1. The summed E-state index contributed by atoms with van der Waals surface area (Å²) in [7, 11) is 0. The third kappa shape index (κ3) is 6.08. The summed E-state index contributed by atoms with van der Waals surface area (Å²) < 4.78 is 12.6. The molecule has 2 rings (SSSR count). The zero-order valence-corrected chi connectivity index (χ0v) is 15.3. The highest BCUT2D eigenvalue weighted by molar-refractivity contribution is 5.83. The van der Waals surface area contributed by atoms with E-state index in [0.29, 0.717) is 13.0 Å². The van der Waals surface area contributed by atoms with Crippen LogP contribution >= 0.6 is 0 Å². The highest BCUT2D eigenvalue weighted by atomic mass is 16.6. The number of aromatic nitrogens is 2. The highest BCUT2D eigenvalue weighted by Gasteiger charge is 2.36. The van der Waals surface area contributed by atoms with Gasteiger partial charge in [0.1, 0.15) is 24.3 Å². The summed E-state index contributed by atoms with van der Waals surface area (Å²) in [5.41, 5.74) is 16.0. The van der Waals surface area contributed by atoms with Crippen molar-refractivity contribution < 1.29 is 19.4 Å². The normalized spacial score (nSPS) is 23.4. The molecule has 1 aromatic heterocycles. The van der Waals surface area contributed by atoms with Gasteiger partial charge in [-0.2, -0.15) is 4.98 Å². The summed E-state index contributed by atoms with van der Waals surface area (Å²) in [6.45, 7) is 0.671. The molecule has 1 aromatic rings. The first-order valence-corrected chi connectivity index (χ1v) is 9.19. The predicted octanol–water partition coefficient (Wildman–Crippen LogP) is -1.09. The van der Waals surface area contributed by atoms with E-state index in [-0.39, 0.29) is 31.2 Å². The van der Waals surface area contributed by atoms with Crippen LogP contribution in [0.1, 0.15) is 38.3 Å². The van der Waals surface area contributed by atoms with E-state index in [2.05, 4.69) is 4.98 Å². The molecule has 152 valence electrons. The fraction of sp³-hybridized carbons (Fsp3) is 0.706. The van der Waals surface area contributed by atoms with Crippen LogP contribution in [0, 0.1) is 0 Å². The van der Waals surface area contributed by atoms with Crippen molar-refractivity contribution in [3.8, 4) is 0 Å². The topological polar surface area (TPSA) is 169 Å². The van der Waals surface area contributed by atoms with Gasteiger partial charge in [-0.05, 0) is 25.5 Å². The van der Waals surface area contributed by atoms with Gasteiger partial charge in [0.2, 0.25) is 0 Å². The largest absolute Gasteiger partial charge is 0.390 e. The molecule has 0 amide bonds. The molecular formula is C17H29N5O5. The predicted molar refractivity (Wildman–Crippen MR) is 98.8 cm³/mol. The van der Waals surface area contributed by atoms with Crippen molar-refractivity contribution in [3.63, 3.8) is 0 Å². The quantitative estimate of drug-likeness (QED) is 0.347. The summed E-state index contributed by atoms with van der Waals surface area (Å²) in [4.78, 5) is 27.7. The lowest BCUT2D eigenvalue weighted by Gasteiger charge is -2.20. The molecule has 1 aliphatic heterocycles. The fourth-order valence-electron chi connectivity index (χ4n) is 2.97. The number of ketones is 1. The number of Topliss-reactive ketones (excluding diaryl/α,β-unsaturated/α-hetero) is 1. The number of carbonyl (C=O) groups is 1. The first-order valence-electron chi connectivity index (χ1n) is 9.19. The molecule has 0 spiro atoms. The van der Waals surface area contributed by atoms with Gasteiger partial charge in [0.25, 0.3) is 0 Å². The second-order valence-electron chi connectivity index (χ2n) is 6.60. The molecule has 0 bridgehead atoms. The van der Waals surface area contributed by atoms with Crippen LogP contribution in [0.2, 0.25) is 0 Å².